The molecular weight excluding hydrogens is 268 g/mol. The fourth-order valence-electron chi connectivity index (χ4n) is 1.42. The van der Waals surface area contributed by atoms with E-state index in [0.29, 0.717) is 0 Å². The van der Waals surface area contributed by atoms with Crippen molar-refractivity contribution in [2.45, 2.75) is 13.5 Å². The van der Waals surface area contributed by atoms with Crippen LogP contribution < -0.4 is 5.19 Å². The maximum absolute atomic E-state index is 9.00. The molecule has 0 aliphatic heterocycles. The molecule has 0 saturated carbocycles. The summed E-state index contributed by atoms with van der Waals surface area (Å²) in [7, 11) is 2.00. The quantitative estimate of drug-likeness (QED) is 0.761. The van der Waals surface area contributed by atoms with Crippen molar-refractivity contribution in [2.24, 2.45) is 0 Å². The Hall–Kier alpha value is -1.25. The van der Waals surface area contributed by atoms with Crippen LogP contribution in [0.25, 0.3) is 0 Å². The van der Waals surface area contributed by atoms with Crippen LogP contribution in [0.1, 0.15) is 12.5 Å². The molecule has 0 spiro atoms. The fourth-order valence-corrected chi connectivity index (χ4v) is 3.20. The minimum atomic E-state index is -2.71. The van der Waals surface area contributed by atoms with E-state index < -0.39 is 14.8 Å². The molecule has 1 aromatic rings. The number of hydrogen-bond donors (Lipinski definition) is 2. The Morgan fingerprint density at radius 2 is 1.47 bits per heavy atom. The Balaban J connectivity index is 0.000000711. The van der Waals surface area contributed by atoms with E-state index >= 15 is 0 Å². The maximum atomic E-state index is 9.00. The van der Waals surface area contributed by atoms with Crippen LogP contribution in [0.4, 0.5) is 0 Å². The Morgan fingerprint density at radius 1 is 1.11 bits per heavy atom. The first-order valence-electron chi connectivity index (χ1n) is 5.51. The number of carboxylic acid groups (broad SMARTS) is 1. The van der Waals surface area contributed by atoms with E-state index in [-0.39, 0.29) is 6.61 Å². The molecule has 0 unspecified atom stereocenters. The van der Waals surface area contributed by atoms with Gasteiger partial charge in [-0.25, -0.2) is 0 Å². The third kappa shape index (κ3) is 5.49. The summed E-state index contributed by atoms with van der Waals surface area (Å²) in [5.41, 5.74) is 0.852. The summed E-state index contributed by atoms with van der Waals surface area (Å²) in [5.74, 6) is -0.833. The van der Waals surface area contributed by atoms with Crippen molar-refractivity contribution in [3.05, 3.63) is 29.8 Å². The standard InChI is InChI=1S/C10H16O4Si.C2H4O2/c1-12-15(13-2,14-3)10-6-4-9(8-11)5-7-10;1-2(3)4/h4-7,11H,8H2,1-3H3;1H3,(H,3,4). The van der Waals surface area contributed by atoms with Crippen LogP contribution >= 0.6 is 0 Å². The molecule has 0 aliphatic rings. The normalized spacial score (nSPS) is 10.6. The smallest absolute Gasteiger partial charge is 0.481 e. The van der Waals surface area contributed by atoms with Crippen LogP contribution in [-0.2, 0) is 24.7 Å². The van der Waals surface area contributed by atoms with Crippen molar-refractivity contribution in [3.8, 4) is 0 Å². The first-order chi connectivity index (χ1) is 8.95. The maximum Gasteiger partial charge on any atom is 0.536 e. The molecule has 19 heavy (non-hydrogen) atoms. The lowest BCUT2D eigenvalue weighted by Crippen LogP contribution is -2.54. The van der Waals surface area contributed by atoms with E-state index in [1.165, 1.54) is 0 Å². The van der Waals surface area contributed by atoms with E-state index in [2.05, 4.69) is 0 Å². The molecule has 0 aliphatic carbocycles. The van der Waals surface area contributed by atoms with Crippen LogP contribution in [0.5, 0.6) is 0 Å². The minimum Gasteiger partial charge on any atom is -0.481 e. The summed E-state index contributed by atoms with van der Waals surface area (Å²) in [6, 6.07) is 7.37. The highest BCUT2D eigenvalue weighted by molar-refractivity contribution is 6.75. The molecule has 0 bridgehead atoms. The predicted molar refractivity (Wildman–Crippen MR) is 72.1 cm³/mol. The zero-order valence-electron chi connectivity index (χ0n) is 11.5. The molecule has 0 atom stereocenters. The molecule has 6 nitrogen and oxygen atoms in total. The fraction of sp³-hybridized carbons (Fsp3) is 0.417. The molecule has 2 N–H and O–H groups in total. The lowest BCUT2D eigenvalue weighted by Gasteiger charge is -2.24. The van der Waals surface area contributed by atoms with Gasteiger partial charge in [0.15, 0.2) is 0 Å². The topological polar surface area (TPSA) is 85.2 Å². The lowest BCUT2D eigenvalue weighted by atomic mass is 10.2. The van der Waals surface area contributed by atoms with Crippen molar-refractivity contribution in [1.82, 2.24) is 0 Å². The van der Waals surface area contributed by atoms with Gasteiger partial charge in [-0.3, -0.25) is 4.79 Å². The molecule has 108 valence electrons. The monoisotopic (exact) mass is 288 g/mol. The molecular formula is C12H20O6Si. The van der Waals surface area contributed by atoms with Crippen LogP contribution in [-0.4, -0.2) is 46.3 Å². The third-order valence-electron chi connectivity index (χ3n) is 2.30. The molecule has 1 aromatic carbocycles. The van der Waals surface area contributed by atoms with Gasteiger partial charge >= 0.3 is 8.80 Å². The molecule has 0 saturated heterocycles. The number of aliphatic hydroxyl groups is 1. The molecule has 0 radical (unpaired) electrons. The number of aliphatic carboxylic acids is 1. The highest BCUT2D eigenvalue weighted by Crippen LogP contribution is 2.08. The van der Waals surface area contributed by atoms with Gasteiger partial charge in [-0.2, -0.15) is 0 Å². The summed E-state index contributed by atoms with van der Waals surface area (Å²) in [6.45, 7) is 1.11. The van der Waals surface area contributed by atoms with Gasteiger partial charge in [0.25, 0.3) is 5.97 Å². The zero-order chi connectivity index (χ0) is 14.9. The van der Waals surface area contributed by atoms with Gasteiger partial charge in [0.2, 0.25) is 0 Å². The SMILES string of the molecule is CC(=O)O.CO[Si](OC)(OC)c1ccc(CO)cc1. The van der Waals surface area contributed by atoms with E-state index in [4.69, 9.17) is 28.3 Å². The van der Waals surface area contributed by atoms with Gasteiger partial charge in [-0.15, -0.1) is 0 Å². The van der Waals surface area contributed by atoms with Crippen molar-refractivity contribution >= 4 is 20.0 Å². The van der Waals surface area contributed by atoms with Gasteiger partial charge in [-0.05, 0) is 5.56 Å². The van der Waals surface area contributed by atoms with Gasteiger partial charge < -0.3 is 23.5 Å². The van der Waals surface area contributed by atoms with E-state index in [1.807, 2.05) is 24.3 Å². The zero-order valence-corrected chi connectivity index (χ0v) is 12.5. The number of carboxylic acids is 1. The van der Waals surface area contributed by atoms with Gasteiger partial charge in [0.05, 0.1) is 6.61 Å². The second-order valence-corrected chi connectivity index (χ2v) is 6.46. The van der Waals surface area contributed by atoms with Crippen molar-refractivity contribution in [3.63, 3.8) is 0 Å². The Labute approximate surface area is 113 Å². The second kappa shape index (κ2) is 8.78. The largest absolute Gasteiger partial charge is 0.536 e. The predicted octanol–water partition coefficient (Wildman–Crippen LogP) is 0.355. The van der Waals surface area contributed by atoms with Crippen LogP contribution in [0.3, 0.4) is 0 Å². The average molecular weight is 288 g/mol. The summed E-state index contributed by atoms with van der Waals surface area (Å²) < 4.78 is 16.0. The van der Waals surface area contributed by atoms with Gasteiger partial charge in [0, 0.05) is 33.4 Å². The van der Waals surface area contributed by atoms with Crippen molar-refractivity contribution in [1.29, 1.82) is 0 Å². The number of carbonyl (C=O) groups is 1. The Bertz CT molecular complexity index is 362. The molecule has 1 rings (SSSR count). The number of hydrogen-bond acceptors (Lipinski definition) is 5. The van der Waals surface area contributed by atoms with E-state index in [0.717, 1.165) is 17.7 Å². The molecule has 0 fully saturated rings. The van der Waals surface area contributed by atoms with E-state index in [1.54, 1.807) is 21.3 Å². The van der Waals surface area contributed by atoms with E-state index in [9.17, 15) is 0 Å². The minimum absolute atomic E-state index is 0.0295. The Morgan fingerprint density at radius 3 is 1.74 bits per heavy atom. The second-order valence-electron chi connectivity index (χ2n) is 3.54. The van der Waals surface area contributed by atoms with Gasteiger partial charge in [0.1, 0.15) is 0 Å². The average Bonchev–Trinajstić information content (AvgIpc) is 2.41. The highest BCUT2D eigenvalue weighted by Gasteiger charge is 2.40. The number of benzene rings is 1. The van der Waals surface area contributed by atoms with Crippen LogP contribution in [0.15, 0.2) is 24.3 Å². The number of rotatable bonds is 5. The summed E-state index contributed by atoms with van der Waals surface area (Å²) in [6.07, 6.45) is 0. The molecule has 0 heterocycles. The van der Waals surface area contributed by atoms with Crippen LogP contribution in [0, 0.1) is 0 Å². The summed E-state index contributed by atoms with van der Waals surface area (Å²) >= 11 is 0. The first kappa shape index (κ1) is 17.7. The molecule has 0 amide bonds. The molecule has 7 heteroatoms. The third-order valence-corrected chi connectivity index (χ3v) is 4.95. The Kier molecular flexibility index (Phi) is 8.20. The highest BCUT2D eigenvalue weighted by atomic mass is 28.4. The lowest BCUT2D eigenvalue weighted by molar-refractivity contribution is -0.134. The molecule has 0 aromatic heterocycles. The number of aliphatic hydroxyl groups excluding tert-OH is 1. The first-order valence-corrected chi connectivity index (χ1v) is 7.23. The van der Waals surface area contributed by atoms with Crippen molar-refractivity contribution in [2.75, 3.05) is 21.3 Å². The summed E-state index contributed by atoms with van der Waals surface area (Å²) in [4.78, 5) is 9.00. The van der Waals surface area contributed by atoms with Crippen molar-refractivity contribution < 1.29 is 28.3 Å². The van der Waals surface area contributed by atoms with Crippen LogP contribution in [0.2, 0.25) is 0 Å². The van der Waals surface area contributed by atoms with Gasteiger partial charge in [-0.1, -0.05) is 24.3 Å². The summed E-state index contributed by atoms with van der Waals surface area (Å²) in [5, 5.41) is 17.2.